The molecule has 0 saturated heterocycles. The predicted molar refractivity (Wildman–Crippen MR) is 45.8 cm³/mol. The van der Waals surface area contributed by atoms with Crippen LogP contribution in [-0.4, -0.2) is 6.04 Å². The predicted octanol–water partition coefficient (Wildman–Crippen LogP) is 2.74. The lowest BCUT2D eigenvalue weighted by atomic mass is 10.2. The summed E-state index contributed by atoms with van der Waals surface area (Å²) in [6.45, 7) is 0. The van der Waals surface area contributed by atoms with Crippen LogP contribution in [0.15, 0.2) is 16.3 Å². The molecule has 0 aliphatic rings. The minimum absolute atomic E-state index is 0.00968. The average Bonchev–Trinajstić information content (AvgIpc) is 2.31. The van der Waals surface area contributed by atoms with E-state index < -0.39 is 35.0 Å². The largest absolute Gasteiger partial charge is 0.242 e. The molecule has 4 nitrogen and oxygen atoms in total. The van der Waals surface area contributed by atoms with Gasteiger partial charge in [0.05, 0.1) is 0 Å². The molecule has 0 spiro atoms. The summed E-state index contributed by atoms with van der Waals surface area (Å²) in [5.41, 5.74) is -1.32. The molecule has 1 rings (SSSR count). The van der Waals surface area contributed by atoms with E-state index in [0.29, 0.717) is 0 Å². The molecule has 0 atom stereocenters. The molecular formula is C9H2F4N4. The lowest BCUT2D eigenvalue weighted by Crippen LogP contribution is -1.96. The first-order chi connectivity index (χ1) is 8.01. The fourth-order valence-corrected chi connectivity index (χ4v) is 0.844. The summed E-state index contributed by atoms with van der Waals surface area (Å²) in [5, 5.41) is 22.3. The highest BCUT2D eigenvalue weighted by Gasteiger charge is 2.19. The summed E-state index contributed by atoms with van der Waals surface area (Å²) in [6.07, 6.45) is 0. The maximum Gasteiger partial charge on any atom is 0.242 e. The second kappa shape index (κ2) is 5.03. The smallest absolute Gasteiger partial charge is 0.204 e. The number of hydrogen-bond donors (Lipinski definition) is 0. The normalized spacial score (nSPS) is 10.5. The highest BCUT2D eigenvalue weighted by molar-refractivity contribution is 5.40. The van der Waals surface area contributed by atoms with Crippen LogP contribution in [0.1, 0.15) is 0 Å². The first kappa shape index (κ1) is 12.6. The van der Waals surface area contributed by atoms with Gasteiger partial charge in [-0.25, -0.2) is 17.6 Å². The third-order valence-corrected chi connectivity index (χ3v) is 1.61. The summed E-state index contributed by atoms with van der Waals surface area (Å²) in [4.78, 5) is 0. The fraction of sp³-hybridized carbons (Fsp3) is 0.111. The number of nitrogens with zero attached hydrogens (tertiary/aromatic N) is 4. The van der Waals surface area contributed by atoms with Gasteiger partial charge >= 0.3 is 0 Å². The molecule has 0 aromatic heterocycles. The number of azo groups is 1. The SMILES string of the molecule is N#CC(C#N)N=Nc1c(F)c(F)cc(F)c1F. The van der Waals surface area contributed by atoms with Crippen molar-refractivity contribution in [2.45, 2.75) is 6.04 Å². The van der Waals surface area contributed by atoms with E-state index >= 15 is 0 Å². The van der Waals surface area contributed by atoms with Crippen molar-refractivity contribution >= 4 is 5.69 Å². The van der Waals surface area contributed by atoms with Crippen molar-refractivity contribution in [1.29, 1.82) is 10.5 Å². The second-order valence-electron chi connectivity index (χ2n) is 2.69. The Balaban J connectivity index is 3.25. The van der Waals surface area contributed by atoms with Crippen LogP contribution in [-0.2, 0) is 0 Å². The van der Waals surface area contributed by atoms with Crippen molar-refractivity contribution in [3.63, 3.8) is 0 Å². The highest BCUT2D eigenvalue weighted by Crippen LogP contribution is 2.27. The summed E-state index contributed by atoms with van der Waals surface area (Å²) >= 11 is 0. The summed E-state index contributed by atoms with van der Waals surface area (Å²) < 4.78 is 51.4. The molecule has 86 valence electrons. The Morgan fingerprint density at radius 2 is 1.47 bits per heavy atom. The standard InChI is InChI=1S/C9H2F4N4/c10-5-1-6(11)8(13)9(7(5)12)17-16-4(2-14)3-15/h1,4H. The van der Waals surface area contributed by atoms with Gasteiger partial charge < -0.3 is 0 Å². The number of halogens is 4. The van der Waals surface area contributed by atoms with Gasteiger partial charge in [-0.1, -0.05) is 0 Å². The van der Waals surface area contributed by atoms with Gasteiger partial charge in [0, 0.05) is 6.07 Å². The van der Waals surface area contributed by atoms with Gasteiger partial charge in [-0.15, -0.1) is 5.11 Å². The van der Waals surface area contributed by atoms with Crippen LogP contribution in [0, 0.1) is 45.9 Å². The van der Waals surface area contributed by atoms with Gasteiger partial charge in [0.15, 0.2) is 29.0 Å². The molecule has 1 aromatic rings. The van der Waals surface area contributed by atoms with Crippen LogP contribution in [0.3, 0.4) is 0 Å². The number of nitriles is 2. The Morgan fingerprint density at radius 1 is 1.00 bits per heavy atom. The van der Waals surface area contributed by atoms with Crippen molar-refractivity contribution in [2.75, 3.05) is 0 Å². The molecule has 0 aliphatic carbocycles. The first-order valence-corrected chi connectivity index (χ1v) is 4.04. The van der Waals surface area contributed by atoms with E-state index in [-0.39, 0.29) is 6.07 Å². The molecule has 0 aliphatic heterocycles. The minimum Gasteiger partial charge on any atom is -0.204 e. The van der Waals surface area contributed by atoms with Crippen LogP contribution in [0.25, 0.3) is 0 Å². The van der Waals surface area contributed by atoms with Crippen LogP contribution >= 0.6 is 0 Å². The number of hydrogen-bond acceptors (Lipinski definition) is 4. The number of rotatable bonds is 2. The van der Waals surface area contributed by atoms with Crippen molar-refractivity contribution < 1.29 is 17.6 Å². The topological polar surface area (TPSA) is 72.3 Å². The van der Waals surface area contributed by atoms with Crippen LogP contribution in [0.5, 0.6) is 0 Å². The maximum atomic E-state index is 13.0. The molecule has 17 heavy (non-hydrogen) atoms. The first-order valence-electron chi connectivity index (χ1n) is 4.04. The Morgan fingerprint density at radius 3 is 1.88 bits per heavy atom. The third-order valence-electron chi connectivity index (χ3n) is 1.61. The van der Waals surface area contributed by atoms with Gasteiger partial charge in [-0.2, -0.15) is 15.6 Å². The Labute approximate surface area is 92.4 Å². The molecule has 0 bridgehead atoms. The number of benzene rings is 1. The van der Waals surface area contributed by atoms with E-state index in [2.05, 4.69) is 10.2 Å². The molecule has 0 heterocycles. The van der Waals surface area contributed by atoms with Crippen molar-refractivity contribution in [1.82, 2.24) is 0 Å². The molecule has 0 fully saturated rings. The lowest BCUT2D eigenvalue weighted by Gasteiger charge is -2.00. The summed E-state index contributed by atoms with van der Waals surface area (Å²) in [6, 6.07) is 1.07. The second-order valence-corrected chi connectivity index (χ2v) is 2.69. The monoisotopic (exact) mass is 242 g/mol. The average molecular weight is 242 g/mol. The molecule has 8 heteroatoms. The van der Waals surface area contributed by atoms with E-state index in [1.54, 1.807) is 0 Å². The molecule has 1 aromatic carbocycles. The minimum atomic E-state index is -1.75. The lowest BCUT2D eigenvalue weighted by molar-refractivity contribution is 0.456. The van der Waals surface area contributed by atoms with Crippen molar-refractivity contribution in [3.05, 3.63) is 29.3 Å². The molecular weight excluding hydrogens is 240 g/mol. The molecule has 0 unspecified atom stereocenters. The highest BCUT2D eigenvalue weighted by atomic mass is 19.2. The van der Waals surface area contributed by atoms with Crippen LogP contribution in [0.2, 0.25) is 0 Å². The molecule has 0 amide bonds. The van der Waals surface area contributed by atoms with E-state index in [1.165, 1.54) is 12.1 Å². The Kier molecular flexibility index (Phi) is 3.73. The van der Waals surface area contributed by atoms with Gasteiger partial charge in [0.2, 0.25) is 6.04 Å². The summed E-state index contributed by atoms with van der Waals surface area (Å²) in [5.74, 6) is -6.80. The summed E-state index contributed by atoms with van der Waals surface area (Å²) in [7, 11) is 0. The van der Waals surface area contributed by atoms with Crippen LogP contribution < -0.4 is 0 Å². The Hall–Kier alpha value is -2.48. The zero-order valence-electron chi connectivity index (χ0n) is 7.96. The molecule has 0 radical (unpaired) electrons. The Bertz CT molecular complexity index is 515. The zero-order chi connectivity index (χ0) is 13.0. The van der Waals surface area contributed by atoms with E-state index in [9.17, 15) is 17.6 Å². The quantitative estimate of drug-likeness (QED) is 0.454. The van der Waals surface area contributed by atoms with Crippen molar-refractivity contribution in [2.24, 2.45) is 10.2 Å². The van der Waals surface area contributed by atoms with Gasteiger partial charge in [0.25, 0.3) is 0 Å². The van der Waals surface area contributed by atoms with E-state index in [0.717, 1.165) is 0 Å². The third kappa shape index (κ3) is 2.55. The van der Waals surface area contributed by atoms with Gasteiger partial charge in [0.1, 0.15) is 12.1 Å². The molecule has 0 saturated carbocycles. The molecule has 0 N–H and O–H groups in total. The zero-order valence-corrected chi connectivity index (χ0v) is 7.96. The van der Waals surface area contributed by atoms with Gasteiger partial charge in [-0.3, -0.25) is 0 Å². The van der Waals surface area contributed by atoms with Crippen LogP contribution in [0.4, 0.5) is 23.2 Å². The van der Waals surface area contributed by atoms with E-state index in [4.69, 9.17) is 10.5 Å². The fourth-order valence-electron chi connectivity index (χ4n) is 0.844. The van der Waals surface area contributed by atoms with Gasteiger partial charge in [-0.05, 0) is 0 Å². The maximum absolute atomic E-state index is 13.0. The van der Waals surface area contributed by atoms with Crippen molar-refractivity contribution in [3.8, 4) is 12.1 Å². The van der Waals surface area contributed by atoms with E-state index in [1.807, 2.05) is 0 Å².